The molecular formula is C10H10BrN3O2. The zero-order valence-electron chi connectivity index (χ0n) is 8.39. The summed E-state index contributed by atoms with van der Waals surface area (Å²) in [6.07, 6.45) is 3.40. The number of amides is 2. The molecule has 1 aromatic heterocycles. The summed E-state index contributed by atoms with van der Waals surface area (Å²) in [6.45, 7) is 0.344. The van der Waals surface area contributed by atoms with E-state index in [1.165, 1.54) is 0 Å². The van der Waals surface area contributed by atoms with E-state index in [4.69, 9.17) is 5.73 Å². The van der Waals surface area contributed by atoms with Gasteiger partial charge in [-0.05, 0) is 22.0 Å². The Bertz CT molecular complexity index is 449. The van der Waals surface area contributed by atoms with Crippen LogP contribution >= 0.6 is 15.9 Å². The average Bonchev–Trinajstić information content (AvgIpc) is 2.61. The lowest BCUT2D eigenvalue weighted by Gasteiger charge is -2.17. The van der Waals surface area contributed by atoms with E-state index < -0.39 is 11.8 Å². The predicted molar refractivity (Wildman–Crippen MR) is 61.6 cm³/mol. The Morgan fingerprint density at radius 2 is 2.38 bits per heavy atom. The quantitative estimate of drug-likeness (QED) is 0.867. The molecule has 5 nitrogen and oxygen atoms in total. The predicted octanol–water partition coefficient (Wildman–Crippen LogP) is 0.682. The second-order valence-corrected chi connectivity index (χ2v) is 4.49. The van der Waals surface area contributed by atoms with Crippen molar-refractivity contribution in [3.05, 3.63) is 22.9 Å². The minimum Gasteiger partial charge on any atom is -0.369 e. The Morgan fingerprint density at radius 3 is 2.94 bits per heavy atom. The highest BCUT2D eigenvalue weighted by atomic mass is 79.9. The number of nitrogens with two attached hydrogens (primary N) is 1. The lowest BCUT2D eigenvalue weighted by atomic mass is 10.1. The summed E-state index contributed by atoms with van der Waals surface area (Å²) in [6, 6.07) is 1.73. The highest BCUT2D eigenvalue weighted by molar-refractivity contribution is 9.10. The number of nitrogens with zero attached hydrogens (tertiary/aromatic N) is 2. The molecule has 84 valence electrons. The summed E-state index contributed by atoms with van der Waals surface area (Å²) >= 11 is 3.32. The molecular weight excluding hydrogens is 274 g/mol. The van der Waals surface area contributed by atoms with E-state index in [2.05, 4.69) is 20.9 Å². The van der Waals surface area contributed by atoms with Crippen LogP contribution in [0, 0.1) is 5.92 Å². The van der Waals surface area contributed by atoms with Crippen LogP contribution < -0.4 is 10.6 Å². The van der Waals surface area contributed by atoms with Gasteiger partial charge in [0.1, 0.15) is 0 Å². The maximum Gasteiger partial charge on any atom is 0.227 e. The Balaban J connectivity index is 2.27. The Labute approximate surface area is 101 Å². The van der Waals surface area contributed by atoms with E-state index >= 15 is 0 Å². The lowest BCUT2D eigenvalue weighted by molar-refractivity contribution is -0.123. The highest BCUT2D eigenvalue weighted by Gasteiger charge is 2.34. The number of aromatic nitrogens is 1. The number of carbonyl (C=O) groups excluding carboxylic acids is 2. The van der Waals surface area contributed by atoms with Crippen molar-refractivity contribution < 1.29 is 9.59 Å². The molecule has 1 unspecified atom stereocenters. The Hall–Kier alpha value is -1.43. The van der Waals surface area contributed by atoms with E-state index in [1.54, 1.807) is 23.4 Å². The van der Waals surface area contributed by atoms with Gasteiger partial charge in [0.05, 0.1) is 16.1 Å². The number of pyridine rings is 1. The van der Waals surface area contributed by atoms with Gasteiger partial charge in [-0.25, -0.2) is 0 Å². The third-order valence-corrected chi connectivity index (χ3v) is 3.18. The van der Waals surface area contributed by atoms with Crippen LogP contribution in [-0.2, 0) is 9.59 Å². The zero-order chi connectivity index (χ0) is 11.7. The molecule has 2 amide bonds. The summed E-state index contributed by atoms with van der Waals surface area (Å²) < 4.78 is 0.730. The fourth-order valence-electron chi connectivity index (χ4n) is 1.72. The number of hydrogen-bond donors (Lipinski definition) is 1. The molecule has 2 N–H and O–H groups in total. The average molecular weight is 284 g/mol. The monoisotopic (exact) mass is 283 g/mol. The van der Waals surface area contributed by atoms with Gasteiger partial charge in [0, 0.05) is 25.4 Å². The van der Waals surface area contributed by atoms with E-state index in [9.17, 15) is 9.59 Å². The van der Waals surface area contributed by atoms with Crippen molar-refractivity contribution in [3.63, 3.8) is 0 Å². The molecule has 2 heterocycles. The number of hydrogen-bond acceptors (Lipinski definition) is 3. The molecule has 0 saturated carbocycles. The molecule has 2 rings (SSSR count). The van der Waals surface area contributed by atoms with Gasteiger partial charge in [-0.3, -0.25) is 14.6 Å². The molecule has 0 spiro atoms. The SMILES string of the molecule is NC(=O)C1CC(=O)N(c2ccncc2Br)C1. The molecule has 0 bridgehead atoms. The molecule has 1 saturated heterocycles. The molecule has 0 aromatic carbocycles. The van der Waals surface area contributed by atoms with Crippen molar-refractivity contribution in [1.82, 2.24) is 4.98 Å². The number of halogens is 1. The molecule has 6 heteroatoms. The van der Waals surface area contributed by atoms with Crippen LogP contribution in [0.1, 0.15) is 6.42 Å². The molecule has 0 aliphatic carbocycles. The highest BCUT2D eigenvalue weighted by Crippen LogP contribution is 2.30. The maximum absolute atomic E-state index is 11.7. The van der Waals surface area contributed by atoms with Gasteiger partial charge in [-0.15, -0.1) is 0 Å². The zero-order valence-corrected chi connectivity index (χ0v) is 9.98. The molecule has 1 aromatic rings. The largest absolute Gasteiger partial charge is 0.369 e. The first-order chi connectivity index (χ1) is 7.59. The molecule has 1 fully saturated rings. The second-order valence-electron chi connectivity index (χ2n) is 3.63. The first-order valence-corrected chi connectivity index (χ1v) is 5.58. The Kier molecular flexibility index (Phi) is 2.91. The van der Waals surface area contributed by atoms with Crippen LogP contribution in [0.5, 0.6) is 0 Å². The van der Waals surface area contributed by atoms with Crippen LogP contribution in [0.4, 0.5) is 5.69 Å². The van der Waals surface area contributed by atoms with Crippen molar-refractivity contribution in [3.8, 4) is 0 Å². The van der Waals surface area contributed by atoms with Crippen molar-refractivity contribution in [2.45, 2.75) is 6.42 Å². The van der Waals surface area contributed by atoms with E-state index in [-0.39, 0.29) is 12.3 Å². The summed E-state index contributed by atoms with van der Waals surface area (Å²) in [5.41, 5.74) is 5.92. The van der Waals surface area contributed by atoms with E-state index in [1.807, 2.05) is 0 Å². The van der Waals surface area contributed by atoms with E-state index in [0.29, 0.717) is 6.54 Å². The molecule has 16 heavy (non-hydrogen) atoms. The van der Waals surface area contributed by atoms with Gasteiger partial charge < -0.3 is 10.6 Å². The topological polar surface area (TPSA) is 76.3 Å². The summed E-state index contributed by atoms with van der Waals surface area (Å²) in [4.78, 5) is 28.2. The van der Waals surface area contributed by atoms with Crippen LogP contribution in [0.15, 0.2) is 22.9 Å². The minimum atomic E-state index is -0.430. The van der Waals surface area contributed by atoms with Crippen molar-refractivity contribution >= 4 is 33.4 Å². The minimum absolute atomic E-state index is 0.0873. The third-order valence-electron chi connectivity index (χ3n) is 2.57. The van der Waals surface area contributed by atoms with Gasteiger partial charge in [0.2, 0.25) is 11.8 Å². The number of anilines is 1. The molecule has 0 radical (unpaired) electrons. The summed E-state index contributed by atoms with van der Waals surface area (Å²) in [5.74, 6) is -0.913. The standard InChI is InChI=1S/C10H10BrN3O2/c11-7-4-13-2-1-8(7)14-5-6(10(12)16)3-9(14)15/h1-2,4,6H,3,5H2,(H2,12,16). The van der Waals surface area contributed by atoms with Gasteiger partial charge in [-0.2, -0.15) is 0 Å². The molecule has 1 aliphatic rings. The van der Waals surface area contributed by atoms with Crippen molar-refractivity contribution in [2.75, 3.05) is 11.4 Å². The summed E-state index contributed by atoms with van der Waals surface area (Å²) in [7, 11) is 0. The number of carbonyl (C=O) groups is 2. The van der Waals surface area contributed by atoms with Crippen LogP contribution in [0.2, 0.25) is 0 Å². The first-order valence-electron chi connectivity index (χ1n) is 4.79. The lowest BCUT2D eigenvalue weighted by Crippen LogP contribution is -2.28. The van der Waals surface area contributed by atoms with Gasteiger partial charge in [0.25, 0.3) is 0 Å². The maximum atomic E-state index is 11.7. The van der Waals surface area contributed by atoms with Crippen molar-refractivity contribution in [1.29, 1.82) is 0 Å². The molecule has 1 aliphatic heterocycles. The van der Waals surface area contributed by atoms with Gasteiger partial charge in [-0.1, -0.05) is 0 Å². The molecule has 1 atom stereocenters. The first kappa shape index (κ1) is 11.1. The van der Waals surface area contributed by atoms with Crippen LogP contribution in [-0.4, -0.2) is 23.3 Å². The smallest absolute Gasteiger partial charge is 0.227 e. The fourth-order valence-corrected chi connectivity index (χ4v) is 2.18. The van der Waals surface area contributed by atoms with E-state index in [0.717, 1.165) is 10.2 Å². The van der Waals surface area contributed by atoms with Crippen molar-refractivity contribution in [2.24, 2.45) is 11.7 Å². The van der Waals surface area contributed by atoms with Crippen LogP contribution in [0.25, 0.3) is 0 Å². The van der Waals surface area contributed by atoms with Crippen LogP contribution in [0.3, 0.4) is 0 Å². The van der Waals surface area contributed by atoms with Gasteiger partial charge in [0.15, 0.2) is 0 Å². The second kappa shape index (κ2) is 4.21. The normalized spacial score (nSPS) is 20.2. The number of rotatable bonds is 2. The number of primary amides is 1. The fraction of sp³-hybridized carbons (Fsp3) is 0.300. The summed E-state index contributed by atoms with van der Waals surface area (Å²) in [5, 5.41) is 0. The third kappa shape index (κ3) is 1.92. The Morgan fingerprint density at radius 1 is 1.62 bits per heavy atom. The van der Waals surface area contributed by atoms with Gasteiger partial charge >= 0.3 is 0 Å².